The molecule has 9 nitrogen and oxygen atoms in total. The van der Waals surface area contributed by atoms with Gasteiger partial charge in [-0.15, -0.1) is 0 Å². The van der Waals surface area contributed by atoms with Crippen LogP contribution in [0.15, 0.2) is 46.2 Å². The van der Waals surface area contributed by atoms with Gasteiger partial charge in [0.15, 0.2) is 11.2 Å². The third-order valence-electron chi connectivity index (χ3n) is 5.39. The van der Waals surface area contributed by atoms with Gasteiger partial charge in [-0.3, -0.25) is 14.2 Å². The average Bonchev–Trinajstić information content (AvgIpc) is 3.17. The molecular formula is C22H29N5O4. The van der Waals surface area contributed by atoms with Gasteiger partial charge in [-0.25, -0.2) is 14.3 Å². The summed E-state index contributed by atoms with van der Waals surface area (Å²) in [4.78, 5) is 43.4. The third-order valence-corrected chi connectivity index (χ3v) is 5.39. The molecule has 0 aliphatic heterocycles. The fourth-order valence-corrected chi connectivity index (χ4v) is 3.26. The molecule has 1 N–H and O–H groups in total. The Labute approximate surface area is 180 Å². The largest absolute Gasteiger partial charge is 0.383 e. The van der Waals surface area contributed by atoms with Crippen LogP contribution >= 0.6 is 0 Å². The zero-order valence-corrected chi connectivity index (χ0v) is 18.4. The van der Waals surface area contributed by atoms with Crippen molar-refractivity contribution in [2.24, 2.45) is 5.92 Å². The fourth-order valence-electron chi connectivity index (χ4n) is 3.26. The third kappa shape index (κ3) is 4.93. The first-order valence-corrected chi connectivity index (χ1v) is 10.3. The Morgan fingerprint density at radius 3 is 2.48 bits per heavy atom. The highest BCUT2D eigenvalue weighted by molar-refractivity contribution is 5.77. The van der Waals surface area contributed by atoms with Crippen LogP contribution in [0.4, 0.5) is 0 Å². The molecule has 0 spiro atoms. The van der Waals surface area contributed by atoms with Crippen LogP contribution in [-0.2, 0) is 29.2 Å². The first-order chi connectivity index (χ1) is 14.8. The Morgan fingerprint density at radius 1 is 1.13 bits per heavy atom. The highest BCUT2D eigenvalue weighted by Crippen LogP contribution is 2.10. The molecule has 166 valence electrons. The van der Waals surface area contributed by atoms with Crippen LogP contribution in [0.1, 0.15) is 26.3 Å². The summed E-state index contributed by atoms with van der Waals surface area (Å²) in [5.74, 6) is -0.151. The fraction of sp³-hybridized carbons (Fsp3) is 0.455. The van der Waals surface area contributed by atoms with Gasteiger partial charge < -0.3 is 14.6 Å². The number of fused-ring (bicyclic) bond motifs is 1. The Hall–Kier alpha value is -3.20. The lowest BCUT2D eigenvalue weighted by Crippen LogP contribution is -2.46. The van der Waals surface area contributed by atoms with Gasteiger partial charge in [0.25, 0.3) is 5.56 Å². The zero-order valence-electron chi connectivity index (χ0n) is 18.4. The molecule has 0 radical (unpaired) electrons. The van der Waals surface area contributed by atoms with Crippen LogP contribution in [0.5, 0.6) is 0 Å². The molecule has 1 aromatic carbocycles. The Morgan fingerprint density at radius 2 is 1.84 bits per heavy atom. The molecule has 1 amide bonds. The van der Waals surface area contributed by atoms with Crippen molar-refractivity contribution in [1.82, 2.24) is 24.0 Å². The Kier molecular flexibility index (Phi) is 7.06. The highest BCUT2D eigenvalue weighted by Gasteiger charge is 2.20. The quantitative estimate of drug-likeness (QED) is 0.553. The number of rotatable bonds is 9. The molecule has 0 saturated carbocycles. The smallest absolute Gasteiger partial charge is 0.333 e. The van der Waals surface area contributed by atoms with E-state index in [2.05, 4.69) is 10.3 Å². The van der Waals surface area contributed by atoms with Crippen molar-refractivity contribution in [3.8, 4) is 0 Å². The van der Waals surface area contributed by atoms with Crippen LogP contribution in [0, 0.1) is 5.92 Å². The molecule has 9 heteroatoms. The predicted octanol–water partition coefficient (Wildman–Crippen LogP) is 1.22. The van der Waals surface area contributed by atoms with Gasteiger partial charge in [0.1, 0.15) is 6.54 Å². The summed E-state index contributed by atoms with van der Waals surface area (Å²) in [6, 6.07) is 9.37. The van der Waals surface area contributed by atoms with E-state index in [1.165, 1.54) is 10.9 Å². The van der Waals surface area contributed by atoms with Crippen LogP contribution < -0.4 is 16.6 Å². The van der Waals surface area contributed by atoms with Gasteiger partial charge in [-0.2, -0.15) is 0 Å². The second-order valence-electron chi connectivity index (χ2n) is 7.95. The number of carbonyl (C=O) groups excluding carboxylic acids is 1. The van der Waals surface area contributed by atoms with Gasteiger partial charge >= 0.3 is 5.69 Å². The topological polar surface area (TPSA) is 100 Å². The van der Waals surface area contributed by atoms with E-state index in [1.54, 1.807) is 11.7 Å². The normalized spacial score (nSPS) is 12.4. The van der Waals surface area contributed by atoms with E-state index in [0.29, 0.717) is 18.8 Å². The lowest BCUT2D eigenvalue weighted by Gasteiger charge is -2.18. The van der Waals surface area contributed by atoms with Crippen molar-refractivity contribution >= 4 is 17.1 Å². The SMILES string of the molecule is COCCn1cnc2c1c(=O)n(CC(=O)NC(C)C(C)C)c(=O)n2Cc1ccccc1. The summed E-state index contributed by atoms with van der Waals surface area (Å²) in [5, 5.41) is 2.85. The summed E-state index contributed by atoms with van der Waals surface area (Å²) < 4.78 is 9.21. The number of nitrogens with zero attached hydrogens (tertiary/aromatic N) is 4. The molecule has 0 fully saturated rings. The maximum absolute atomic E-state index is 13.3. The minimum Gasteiger partial charge on any atom is -0.383 e. The monoisotopic (exact) mass is 427 g/mol. The Balaban J connectivity index is 2.11. The minimum atomic E-state index is -0.564. The van der Waals surface area contributed by atoms with Gasteiger partial charge in [-0.1, -0.05) is 44.2 Å². The number of hydrogen-bond donors (Lipinski definition) is 1. The number of imidazole rings is 1. The predicted molar refractivity (Wildman–Crippen MR) is 118 cm³/mol. The number of hydrogen-bond acceptors (Lipinski definition) is 5. The summed E-state index contributed by atoms with van der Waals surface area (Å²) in [5.41, 5.74) is 0.357. The van der Waals surface area contributed by atoms with Gasteiger partial charge in [0, 0.05) is 19.7 Å². The summed E-state index contributed by atoms with van der Waals surface area (Å²) in [6.45, 7) is 6.55. The number of methoxy groups -OCH3 is 1. The molecule has 2 aromatic heterocycles. The minimum absolute atomic E-state index is 0.0780. The maximum atomic E-state index is 13.3. The first kappa shape index (κ1) is 22.5. The first-order valence-electron chi connectivity index (χ1n) is 10.3. The number of aromatic nitrogens is 4. The van der Waals surface area contributed by atoms with Gasteiger partial charge in [0.2, 0.25) is 5.91 Å². The number of amides is 1. The molecule has 0 aliphatic carbocycles. The van der Waals surface area contributed by atoms with E-state index < -0.39 is 11.2 Å². The average molecular weight is 428 g/mol. The van der Waals surface area contributed by atoms with Crippen molar-refractivity contribution in [2.75, 3.05) is 13.7 Å². The second kappa shape index (κ2) is 9.74. The summed E-state index contributed by atoms with van der Waals surface area (Å²) in [7, 11) is 1.57. The summed E-state index contributed by atoms with van der Waals surface area (Å²) in [6.07, 6.45) is 1.53. The van der Waals surface area contributed by atoms with Crippen LogP contribution in [0.25, 0.3) is 11.2 Å². The number of ether oxygens (including phenoxy) is 1. The van der Waals surface area contributed by atoms with Crippen LogP contribution in [-0.4, -0.2) is 44.4 Å². The standard InChI is InChI=1S/C22H29N5O4/c1-15(2)16(3)24-18(28)13-27-21(29)19-20(23-14-25(19)10-11-31-4)26(22(27)30)12-17-8-6-5-7-9-17/h5-9,14-16H,10-13H2,1-4H3,(H,24,28). The van der Waals surface area contributed by atoms with Gasteiger partial charge in [0.05, 0.1) is 19.5 Å². The lowest BCUT2D eigenvalue weighted by atomic mass is 10.1. The van der Waals surface area contributed by atoms with Crippen molar-refractivity contribution in [3.05, 3.63) is 63.1 Å². The van der Waals surface area contributed by atoms with Gasteiger partial charge in [-0.05, 0) is 18.4 Å². The van der Waals surface area contributed by atoms with E-state index in [1.807, 2.05) is 51.1 Å². The van der Waals surface area contributed by atoms with E-state index >= 15 is 0 Å². The van der Waals surface area contributed by atoms with E-state index in [9.17, 15) is 14.4 Å². The van der Waals surface area contributed by atoms with E-state index in [4.69, 9.17) is 4.74 Å². The van der Waals surface area contributed by atoms with Crippen LogP contribution in [0.3, 0.4) is 0 Å². The Bertz CT molecular complexity index is 1160. The molecule has 0 aliphatic rings. The second-order valence-corrected chi connectivity index (χ2v) is 7.95. The van der Waals surface area contributed by atoms with Crippen LogP contribution in [0.2, 0.25) is 0 Å². The van der Waals surface area contributed by atoms with Crippen molar-refractivity contribution in [2.45, 2.75) is 46.4 Å². The van der Waals surface area contributed by atoms with Crippen molar-refractivity contribution in [1.29, 1.82) is 0 Å². The molecule has 3 rings (SSSR count). The van der Waals surface area contributed by atoms with E-state index in [-0.39, 0.29) is 36.5 Å². The molecule has 2 heterocycles. The van der Waals surface area contributed by atoms with Crippen molar-refractivity contribution in [3.63, 3.8) is 0 Å². The molecule has 1 unspecified atom stereocenters. The number of carbonyl (C=O) groups is 1. The molecule has 3 aromatic rings. The molecule has 1 atom stereocenters. The molecule has 0 bridgehead atoms. The lowest BCUT2D eigenvalue weighted by molar-refractivity contribution is -0.122. The molecule has 0 saturated heterocycles. The maximum Gasteiger partial charge on any atom is 0.333 e. The zero-order chi connectivity index (χ0) is 22.5. The van der Waals surface area contributed by atoms with E-state index in [0.717, 1.165) is 10.1 Å². The number of nitrogens with one attached hydrogen (secondary N) is 1. The molecular weight excluding hydrogens is 398 g/mol. The van der Waals surface area contributed by atoms with Crippen molar-refractivity contribution < 1.29 is 9.53 Å². The number of benzene rings is 1. The molecule has 31 heavy (non-hydrogen) atoms. The highest BCUT2D eigenvalue weighted by atomic mass is 16.5. The summed E-state index contributed by atoms with van der Waals surface area (Å²) >= 11 is 0.